The Kier molecular flexibility index (Phi) is 7.04. The van der Waals surface area contributed by atoms with Gasteiger partial charge in [-0.3, -0.25) is 9.71 Å². The van der Waals surface area contributed by atoms with Crippen molar-refractivity contribution in [1.29, 1.82) is 0 Å². The van der Waals surface area contributed by atoms with E-state index in [2.05, 4.69) is 20.3 Å². The van der Waals surface area contributed by atoms with Crippen molar-refractivity contribution in [3.05, 3.63) is 109 Å². The molecule has 3 aromatic carbocycles. The fraction of sp³-hybridized carbons (Fsp3) is 0.0400. The summed E-state index contributed by atoms with van der Waals surface area (Å²) in [6, 6.07) is 25.0. The highest BCUT2D eigenvalue weighted by Crippen LogP contribution is 2.24. The topological polar surface area (TPSA) is 109 Å². The van der Waals surface area contributed by atoms with Crippen molar-refractivity contribution in [2.75, 3.05) is 10.0 Å². The number of nitrogens with one attached hydrogen (secondary N) is 3. The molecule has 0 aliphatic rings. The number of carbonyl (C=O) groups excluding carboxylic acids is 1. The lowest BCUT2D eigenvalue weighted by Gasteiger charge is -2.11. The summed E-state index contributed by atoms with van der Waals surface area (Å²) < 4.78 is 33.7. The fourth-order valence-corrected chi connectivity index (χ4v) is 4.07. The molecule has 0 spiro atoms. The number of benzene rings is 3. The number of urea groups is 1. The summed E-state index contributed by atoms with van der Waals surface area (Å²) >= 11 is 0. The summed E-state index contributed by atoms with van der Waals surface area (Å²) in [5.74, 6) is 1.28. The zero-order valence-corrected chi connectivity index (χ0v) is 18.8. The number of sulfonamides is 1. The van der Waals surface area contributed by atoms with Gasteiger partial charge in [0.2, 0.25) is 0 Å². The van der Waals surface area contributed by atoms with E-state index in [1.807, 2.05) is 36.4 Å². The molecule has 0 atom stereocenters. The molecule has 34 heavy (non-hydrogen) atoms. The molecule has 0 aliphatic carbocycles. The van der Waals surface area contributed by atoms with Gasteiger partial charge in [0.15, 0.2) is 0 Å². The smallest absolute Gasteiger partial charge is 0.319 e. The fourth-order valence-electron chi connectivity index (χ4n) is 3.01. The van der Waals surface area contributed by atoms with Crippen LogP contribution < -0.4 is 20.1 Å². The Hall–Kier alpha value is -4.37. The number of hydrogen-bond donors (Lipinski definition) is 3. The first kappa shape index (κ1) is 22.8. The number of carbonyl (C=O) groups is 1. The van der Waals surface area contributed by atoms with Crippen LogP contribution in [0.15, 0.2) is 108 Å². The summed E-state index contributed by atoms with van der Waals surface area (Å²) in [4.78, 5) is 16.1. The first-order valence-corrected chi connectivity index (χ1v) is 11.9. The minimum absolute atomic E-state index is 0.0680. The maximum Gasteiger partial charge on any atom is 0.319 e. The van der Waals surface area contributed by atoms with Crippen LogP contribution in [-0.4, -0.2) is 19.4 Å². The highest BCUT2D eigenvalue weighted by atomic mass is 32.2. The van der Waals surface area contributed by atoms with Crippen LogP contribution in [0, 0.1) is 0 Å². The average molecular weight is 475 g/mol. The number of anilines is 2. The molecule has 0 radical (unpaired) electrons. The van der Waals surface area contributed by atoms with E-state index in [1.165, 1.54) is 24.3 Å². The molecule has 0 bridgehead atoms. The molecular weight excluding hydrogens is 452 g/mol. The van der Waals surface area contributed by atoms with E-state index in [4.69, 9.17) is 4.74 Å². The molecule has 172 valence electrons. The average Bonchev–Trinajstić information content (AvgIpc) is 2.85. The number of nitrogens with zero attached hydrogens (tertiary/aromatic N) is 1. The number of ether oxygens (including phenoxy) is 1. The molecule has 0 saturated carbocycles. The van der Waals surface area contributed by atoms with Crippen LogP contribution in [0.25, 0.3) is 0 Å². The van der Waals surface area contributed by atoms with Gasteiger partial charge < -0.3 is 15.4 Å². The zero-order valence-electron chi connectivity index (χ0n) is 18.0. The van der Waals surface area contributed by atoms with Crippen LogP contribution >= 0.6 is 0 Å². The summed E-state index contributed by atoms with van der Waals surface area (Å²) in [6.45, 7) is 0.325. The van der Waals surface area contributed by atoms with E-state index in [-0.39, 0.29) is 4.90 Å². The molecule has 4 rings (SSSR count). The largest absolute Gasteiger partial charge is 0.457 e. The van der Waals surface area contributed by atoms with Gasteiger partial charge in [0, 0.05) is 30.3 Å². The number of amides is 2. The predicted molar refractivity (Wildman–Crippen MR) is 130 cm³/mol. The van der Waals surface area contributed by atoms with E-state index in [0.717, 1.165) is 5.56 Å². The van der Waals surface area contributed by atoms with Gasteiger partial charge in [-0.2, -0.15) is 0 Å². The molecule has 4 aromatic rings. The zero-order chi connectivity index (χ0) is 23.8. The number of rotatable bonds is 8. The van der Waals surface area contributed by atoms with Crippen LogP contribution in [0.3, 0.4) is 0 Å². The van der Waals surface area contributed by atoms with Crippen molar-refractivity contribution < 1.29 is 17.9 Å². The molecule has 8 nitrogen and oxygen atoms in total. The minimum atomic E-state index is -3.80. The molecule has 1 heterocycles. The van der Waals surface area contributed by atoms with Crippen molar-refractivity contribution in [1.82, 2.24) is 10.3 Å². The lowest BCUT2D eigenvalue weighted by atomic mass is 10.3. The van der Waals surface area contributed by atoms with Crippen molar-refractivity contribution in [2.24, 2.45) is 0 Å². The van der Waals surface area contributed by atoms with E-state index in [1.54, 1.807) is 42.7 Å². The van der Waals surface area contributed by atoms with Gasteiger partial charge in [0.05, 0.1) is 4.90 Å². The Balaban J connectivity index is 1.33. The Labute approximate surface area is 197 Å². The first-order valence-electron chi connectivity index (χ1n) is 10.4. The van der Waals surface area contributed by atoms with Gasteiger partial charge >= 0.3 is 6.03 Å². The second-order valence-electron chi connectivity index (χ2n) is 7.24. The van der Waals surface area contributed by atoms with Gasteiger partial charge in [-0.1, -0.05) is 24.3 Å². The Bertz CT molecular complexity index is 1330. The molecule has 0 aliphatic heterocycles. The molecule has 9 heteroatoms. The summed E-state index contributed by atoms with van der Waals surface area (Å²) in [5, 5.41) is 5.38. The summed E-state index contributed by atoms with van der Waals surface area (Å²) in [6.07, 6.45) is 3.32. The highest BCUT2D eigenvalue weighted by Gasteiger charge is 2.14. The Morgan fingerprint density at radius 2 is 1.47 bits per heavy atom. The molecule has 1 aromatic heterocycles. The third-order valence-electron chi connectivity index (χ3n) is 4.68. The third-order valence-corrected chi connectivity index (χ3v) is 6.08. The van der Waals surface area contributed by atoms with Crippen LogP contribution in [0.2, 0.25) is 0 Å². The maximum absolute atomic E-state index is 12.7. The van der Waals surface area contributed by atoms with Crippen molar-refractivity contribution in [2.45, 2.75) is 11.4 Å². The van der Waals surface area contributed by atoms with Crippen LogP contribution in [0.4, 0.5) is 16.2 Å². The number of para-hydroxylation sites is 1. The molecule has 0 saturated heterocycles. The summed E-state index contributed by atoms with van der Waals surface area (Å²) in [7, 11) is -3.80. The SMILES string of the molecule is O=C(NCc1cccnc1)Nc1ccc(S(=O)(=O)Nc2ccc(Oc3ccccc3)cc2)cc1. The monoisotopic (exact) mass is 474 g/mol. The lowest BCUT2D eigenvalue weighted by Crippen LogP contribution is -2.28. The molecule has 0 fully saturated rings. The number of pyridine rings is 1. The quantitative estimate of drug-likeness (QED) is 0.333. The first-order chi connectivity index (χ1) is 16.5. The molecular formula is C25H22N4O4S. The Morgan fingerprint density at radius 3 is 2.15 bits per heavy atom. The molecule has 2 amide bonds. The van der Waals surface area contributed by atoms with Gasteiger partial charge in [-0.15, -0.1) is 0 Å². The van der Waals surface area contributed by atoms with E-state index in [9.17, 15) is 13.2 Å². The standard InChI is InChI=1S/C25H22N4O4S/c30-25(27-18-19-5-4-16-26-17-19)28-20-10-14-24(15-11-20)34(31,32)29-21-8-12-23(13-9-21)33-22-6-2-1-3-7-22/h1-17,29H,18H2,(H2,27,28,30). The maximum atomic E-state index is 12.7. The predicted octanol–water partition coefficient (Wildman–Crippen LogP) is 5.00. The normalized spacial score (nSPS) is 10.8. The van der Waals surface area contributed by atoms with E-state index >= 15 is 0 Å². The molecule has 3 N–H and O–H groups in total. The minimum Gasteiger partial charge on any atom is -0.457 e. The number of aromatic nitrogens is 1. The lowest BCUT2D eigenvalue weighted by molar-refractivity contribution is 0.251. The second kappa shape index (κ2) is 10.5. The van der Waals surface area contributed by atoms with Crippen LogP contribution in [0.5, 0.6) is 11.5 Å². The van der Waals surface area contributed by atoms with E-state index in [0.29, 0.717) is 29.4 Å². The highest BCUT2D eigenvalue weighted by molar-refractivity contribution is 7.92. The van der Waals surface area contributed by atoms with Crippen LogP contribution in [-0.2, 0) is 16.6 Å². The Morgan fingerprint density at radius 1 is 0.794 bits per heavy atom. The number of hydrogen-bond acceptors (Lipinski definition) is 5. The molecule has 0 unspecified atom stereocenters. The van der Waals surface area contributed by atoms with Crippen LogP contribution in [0.1, 0.15) is 5.56 Å². The van der Waals surface area contributed by atoms with Gasteiger partial charge in [-0.25, -0.2) is 13.2 Å². The second-order valence-corrected chi connectivity index (χ2v) is 8.92. The van der Waals surface area contributed by atoms with Gasteiger partial charge in [0.25, 0.3) is 10.0 Å². The van der Waals surface area contributed by atoms with Crippen molar-refractivity contribution in [3.63, 3.8) is 0 Å². The summed E-state index contributed by atoms with van der Waals surface area (Å²) in [5.41, 5.74) is 1.73. The third kappa shape index (κ3) is 6.33. The van der Waals surface area contributed by atoms with Crippen molar-refractivity contribution >= 4 is 27.4 Å². The van der Waals surface area contributed by atoms with Gasteiger partial charge in [-0.05, 0) is 72.3 Å². The van der Waals surface area contributed by atoms with E-state index < -0.39 is 16.1 Å². The van der Waals surface area contributed by atoms with Gasteiger partial charge in [0.1, 0.15) is 11.5 Å². The van der Waals surface area contributed by atoms with Crippen molar-refractivity contribution in [3.8, 4) is 11.5 Å².